The standard InChI is InChI=1S/C18H17ClO5/c1-21-15-6-3-2-5-13(15)18(20)24-11-12-9-14(19)17-16(10-12)22-7-4-8-23-17/h2-3,5-6,9-10H,4,7-8,11H2,1H3. The Labute approximate surface area is 145 Å². The van der Waals surface area contributed by atoms with Crippen molar-refractivity contribution in [2.24, 2.45) is 0 Å². The Morgan fingerprint density at radius 3 is 2.83 bits per heavy atom. The fraction of sp³-hybridized carbons (Fsp3) is 0.278. The van der Waals surface area contributed by atoms with E-state index in [2.05, 4.69) is 0 Å². The van der Waals surface area contributed by atoms with Crippen LogP contribution in [0.5, 0.6) is 17.2 Å². The molecule has 3 rings (SSSR count). The number of methoxy groups -OCH3 is 1. The topological polar surface area (TPSA) is 54.0 Å². The van der Waals surface area contributed by atoms with Crippen molar-refractivity contribution < 1.29 is 23.7 Å². The lowest BCUT2D eigenvalue weighted by Crippen LogP contribution is -2.07. The third-order valence-corrected chi connectivity index (χ3v) is 3.84. The first-order valence-corrected chi connectivity index (χ1v) is 7.95. The molecule has 1 aliphatic heterocycles. The van der Waals surface area contributed by atoms with E-state index in [1.54, 1.807) is 36.4 Å². The molecule has 5 nitrogen and oxygen atoms in total. The van der Waals surface area contributed by atoms with Gasteiger partial charge in [0.15, 0.2) is 11.5 Å². The molecule has 0 fully saturated rings. The van der Waals surface area contributed by atoms with Gasteiger partial charge in [-0.1, -0.05) is 23.7 Å². The molecule has 0 atom stereocenters. The number of halogens is 1. The van der Waals surface area contributed by atoms with Gasteiger partial charge in [0.05, 0.1) is 25.3 Å². The van der Waals surface area contributed by atoms with E-state index in [4.69, 9.17) is 30.5 Å². The molecule has 0 spiro atoms. The molecule has 0 radical (unpaired) electrons. The zero-order chi connectivity index (χ0) is 16.9. The molecule has 0 saturated heterocycles. The monoisotopic (exact) mass is 348 g/mol. The SMILES string of the molecule is COc1ccccc1C(=O)OCc1cc(Cl)c2c(c1)OCCCO2. The highest BCUT2D eigenvalue weighted by Crippen LogP contribution is 2.38. The molecule has 126 valence electrons. The first-order valence-electron chi connectivity index (χ1n) is 7.57. The van der Waals surface area contributed by atoms with Gasteiger partial charge in [-0.15, -0.1) is 0 Å². The highest BCUT2D eigenvalue weighted by Gasteiger charge is 2.17. The first-order chi connectivity index (χ1) is 11.7. The second kappa shape index (κ2) is 7.45. The van der Waals surface area contributed by atoms with E-state index in [-0.39, 0.29) is 6.61 Å². The van der Waals surface area contributed by atoms with Gasteiger partial charge >= 0.3 is 5.97 Å². The number of benzene rings is 2. The third kappa shape index (κ3) is 3.57. The van der Waals surface area contributed by atoms with Gasteiger partial charge in [-0.25, -0.2) is 4.79 Å². The number of hydrogen-bond acceptors (Lipinski definition) is 5. The Bertz CT molecular complexity index is 744. The Kier molecular flexibility index (Phi) is 5.11. The summed E-state index contributed by atoms with van der Waals surface area (Å²) in [7, 11) is 1.51. The highest BCUT2D eigenvalue weighted by atomic mass is 35.5. The summed E-state index contributed by atoms with van der Waals surface area (Å²) in [5.41, 5.74) is 1.10. The van der Waals surface area contributed by atoms with Gasteiger partial charge < -0.3 is 18.9 Å². The van der Waals surface area contributed by atoms with Crippen LogP contribution in [-0.4, -0.2) is 26.3 Å². The van der Waals surface area contributed by atoms with Crippen LogP contribution in [0.25, 0.3) is 0 Å². The molecule has 2 aromatic rings. The molecule has 0 saturated carbocycles. The Hall–Kier alpha value is -2.40. The summed E-state index contributed by atoms with van der Waals surface area (Å²) < 4.78 is 21.7. The largest absolute Gasteiger partial charge is 0.496 e. The van der Waals surface area contributed by atoms with Crippen LogP contribution in [0.2, 0.25) is 5.02 Å². The molecule has 0 bridgehead atoms. The molecule has 0 N–H and O–H groups in total. The summed E-state index contributed by atoms with van der Waals surface area (Å²) in [4.78, 5) is 12.2. The number of carbonyl (C=O) groups excluding carboxylic acids is 1. The van der Waals surface area contributed by atoms with Gasteiger partial charge in [0, 0.05) is 6.42 Å². The average molecular weight is 349 g/mol. The van der Waals surface area contributed by atoms with E-state index >= 15 is 0 Å². The molecule has 0 unspecified atom stereocenters. The van der Waals surface area contributed by atoms with Gasteiger partial charge in [0.1, 0.15) is 17.9 Å². The Morgan fingerprint density at radius 1 is 1.21 bits per heavy atom. The van der Waals surface area contributed by atoms with Gasteiger partial charge in [-0.3, -0.25) is 0 Å². The van der Waals surface area contributed by atoms with Gasteiger partial charge in [0.25, 0.3) is 0 Å². The van der Waals surface area contributed by atoms with Crippen molar-refractivity contribution in [1.82, 2.24) is 0 Å². The number of para-hydroxylation sites is 1. The fourth-order valence-corrected chi connectivity index (χ4v) is 2.70. The molecule has 0 aliphatic carbocycles. The lowest BCUT2D eigenvalue weighted by atomic mass is 10.2. The number of carbonyl (C=O) groups is 1. The van der Waals surface area contributed by atoms with Crippen molar-refractivity contribution in [3.05, 3.63) is 52.5 Å². The number of fused-ring (bicyclic) bond motifs is 1. The van der Waals surface area contributed by atoms with Gasteiger partial charge in [-0.2, -0.15) is 0 Å². The highest BCUT2D eigenvalue weighted by molar-refractivity contribution is 6.32. The van der Waals surface area contributed by atoms with Crippen molar-refractivity contribution in [2.45, 2.75) is 13.0 Å². The van der Waals surface area contributed by atoms with Crippen molar-refractivity contribution in [2.75, 3.05) is 20.3 Å². The second-order valence-corrected chi connectivity index (χ2v) is 5.64. The Balaban J connectivity index is 1.74. The minimum atomic E-state index is -0.462. The molecule has 1 heterocycles. The molecule has 0 aromatic heterocycles. The minimum absolute atomic E-state index is 0.0766. The quantitative estimate of drug-likeness (QED) is 0.785. The van der Waals surface area contributed by atoms with E-state index in [0.717, 1.165) is 12.0 Å². The lowest BCUT2D eigenvalue weighted by molar-refractivity contribution is 0.0468. The zero-order valence-electron chi connectivity index (χ0n) is 13.2. The molecular weight excluding hydrogens is 332 g/mol. The molecule has 1 aliphatic rings. The smallest absolute Gasteiger partial charge is 0.342 e. The number of rotatable bonds is 4. The van der Waals surface area contributed by atoms with Crippen LogP contribution in [0.4, 0.5) is 0 Å². The average Bonchev–Trinajstić information content (AvgIpc) is 2.85. The fourth-order valence-electron chi connectivity index (χ4n) is 2.41. The summed E-state index contributed by atoms with van der Waals surface area (Å²) in [6, 6.07) is 10.4. The van der Waals surface area contributed by atoms with Crippen molar-refractivity contribution in [1.29, 1.82) is 0 Å². The summed E-state index contributed by atoms with van der Waals surface area (Å²) in [5.74, 6) is 1.12. The predicted molar refractivity (Wildman–Crippen MR) is 89.2 cm³/mol. The maximum atomic E-state index is 12.2. The minimum Gasteiger partial charge on any atom is -0.496 e. The van der Waals surface area contributed by atoms with Crippen LogP contribution in [0, 0.1) is 0 Å². The van der Waals surface area contributed by atoms with Crippen LogP contribution in [0.3, 0.4) is 0 Å². The normalized spacial score (nSPS) is 13.1. The second-order valence-electron chi connectivity index (χ2n) is 5.23. The van der Waals surface area contributed by atoms with E-state index in [0.29, 0.717) is 41.0 Å². The molecule has 24 heavy (non-hydrogen) atoms. The van der Waals surface area contributed by atoms with Crippen LogP contribution in [0.1, 0.15) is 22.3 Å². The van der Waals surface area contributed by atoms with Crippen molar-refractivity contribution in [3.8, 4) is 17.2 Å². The number of hydrogen-bond donors (Lipinski definition) is 0. The van der Waals surface area contributed by atoms with Crippen LogP contribution >= 0.6 is 11.6 Å². The zero-order valence-corrected chi connectivity index (χ0v) is 14.0. The van der Waals surface area contributed by atoms with E-state index < -0.39 is 5.97 Å². The van der Waals surface area contributed by atoms with E-state index in [1.165, 1.54) is 7.11 Å². The van der Waals surface area contributed by atoms with Gasteiger partial charge in [0.2, 0.25) is 0 Å². The van der Waals surface area contributed by atoms with Gasteiger partial charge in [-0.05, 0) is 29.8 Å². The van der Waals surface area contributed by atoms with E-state index in [9.17, 15) is 4.79 Å². The number of esters is 1. The van der Waals surface area contributed by atoms with Crippen molar-refractivity contribution >= 4 is 17.6 Å². The summed E-state index contributed by atoms with van der Waals surface area (Å²) in [6.07, 6.45) is 0.795. The third-order valence-electron chi connectivity index (χ3n) is 3.56. The molecular formula is C18H17ClO5. The maximum Gasteiger partial charge on any atom is 0.342 e. The van der Waals surface area contributed by atoms with E-state index in [1.807, 2.05) is 0 Å². The predicted octanol–water partition coefficient (Wildman–Crippen LogP) is 3.87. The maximum absolute atomic E-state index is 12.2. The summed E-state index contributed by atoms with van der Waals surface area (Å²) in [6.45, 7) is 1.20. The first kappa shape index (κ1) is 16.5. The van der Waals surface area contributed by atoms with Crippen LogP contribution in [-0.2, 0) is 11.3 Å². The summed E-state index contributed by atoms with van der Waals surface area (Å²) in [5, 5.41) is 0.442. The summed E-state index contributed by atoms with van der Waals surface area (Å²) >= 11 is 6.23. The lowest BCUT2D eigenvalue weighted by Gasteiger charge is -2.12. The van der Waals surface area contributed by atoms with Crippen LogP contribution < -0.4 is 14.2 Å². The van der Waals surface area contributed by atoms with Crippen molar-refractivity contribution in [3.63, 3.8) is 0 Å². The number of ether oxygens (including phenoxy) is 4. The molecule has 6 heteroatoms. The molecule has 0 amide bonds. The molecule has 2 aromatic carbocycles. The Morgan fingerprint density at radius 2 is 2.00 bits per heavy atom. The van der Waals surface area contributed by atoms with Crippen LogP contribution in [0.15, 0.2) is 36.4 Å².